The molecular weight excluding hydrogens is 360 g/mol. The molecule has 0 aliphatic carbocycles. The van der Waals surface area contributed by atoms with Crippen molar-refractivity contribution in [2.45, 2.75) is 12.8 Å². The topological polar surface area (TPSA) is 44.1 Å². The van der Waals surface area contributed by atoms with Crippen molar-refractivity contribution in [3.8, 4) is 6.07 Å². The molecule has 94 valence electrons. The Morgan fingerprint density at radius 3 is 2.56 bits per heavy atom. The van der Waals surface area contributed by atoms with Crippen LogP contribution in [0.3, 0.4) is 0 Å². The molecule has 0 atom stereocenters. The van der Waals surface area contributed by atoms with Crippen LogP contribution in [0.2, 0.25) is 0 Å². The lowest BCUT2D eigenvalue weighted by Gasteiger charge is -2.29. The zero-order valence-corrected chi connectivity index (χ0v) is 12.9. The van der Waals surface area contributed by atoms with Crippen LogP contribution in [-0.4, -0.2) is 23.9 Å². The van der Waals surface area contributed by atoms with Gasteiger partial charge >= 0.3 is 0 Å². The number of rotatable bonds is 1. The van der Waals surface area contributed by atoms with Crippen LogP contribution in [0.15, 0.2) is 27.1 Å². The molecule has 1 aliphatic rings. The summed E-state index contributed by atoms with van der Waals surface area (Å²) in [6.07, 6.45) is 1.55. The first-order chi connectivity index (χ1) is 8.61. The number of nitrogens with zero attached hydrogens (tertiary/aromatic N) is 2. The van der Waals surface area contributed by atoms with E-state index in [0.29, 0.717) is 18.7 Å². The van der Waals surface area contributed by atoms with E-state index in [9.17, 15) is 4.79 Å². The predicted molar refractivity (Wildman–Crippen MR) is 76.1 cm³/mol. The molecule has 1 amide bonds. The van der Waals surface area contributed by atoms with E-state index >= 15 is 0 Å². The molecule has 0 spiro atoms. The van der Waals surface area contributed by atoms with E-state index in [1.807, 2.05) is 23.1 Å². The summed E-state index contributed by atoms with van der Waals surface area (Å²) in [6, 6.07) is 7.81. The van der Waals surface area contributed by atoms with Gasteiger partial charge in [0.05, 0.1) is 11.6 Å². The van der Waals surface area contributed by atoms with E-state index in [2.05, 4.69) is 37.9 Å². The number of amides is 1. The third kappa shape index (κ3) is 2.93. The molecule has 1 heterocycles. The first-order valence-electron chi connectivity index (χ1n) is 5.75. The Kier molecular flexibility index (Phi) is 4.41. The number of halogens is 2. The fraction of sp³-hybridized carbons (Fsp3) is 0.385. The molecule has 0 aromatic heterocycles. The monoisotopic (exact) mass is 370 g/mol. The Morgan fingerprint density at radius 2 is 2.00 bits per heavy atom. The van der Waals surface area contributed by atoms with Gasteiger partial charge in [-0.05, 0) is 47.0 Å². The summed E-state index contributed by atoms with van der Waals surface area (Å²) in [4.78, 5) is 14.1. The minimum absolute atomic E-state index is 0.0331. The van der Waals surface area contributed by atoms with Gasteiger partial charge in [0.15, 0.2) is 0 Å². The number of carbonyl (C=O) groups excluding carboxylic acids is 1. The smallest absolute Gasteiger partial charge is 0.254 e. The second kappa shape index (κ2) is 5.85. The Bertz CT molecular complexity index is 502. The minimum atomic E-state index is 0.0331. The quantitative estimate of drug-likeness (QED) is 0.757. The molecular formula is C13H12Br2N2O. The Labute approximate surface area is 123 Å². The van der Waals surface area contributed by atoms with Crippen LogP contribution in [0.25, 0.3) is 0 Å². The molecule has 0 bridgehead atoms. The van der Waals surface area contributed by atoms with E-state index < -0.39 is 0 Å². The van der Waals surface area contributed by atoms with Crippen molar-refractivity contribution in [3.63, 3.8) is 0 Å². The van der Waals surface area contributed by atoms with Gasteiger partial charge in [-0.25, -0.2) is 0 Å². The van der Waals surface area contributed by atoms with Gasteiger partial charge in [-0.15, -0.1) is 0 Å². The van der Waals surface area contributed by atoms with Crippen LogP contribution in [0.1, 0.15) is 23.2 Å². The van der Waals surface area contributed by atoms with Crippen molar-refractivity contribution in [3.05, 3.63) is 32.7 Å². The van der Waals surface area contributed by atoms with Crippen LogP contribution in [-0.2, 0) is 0 Å². The summed E-state index contributed by atoms with van der Waals surface area (Å²) in [6.45, 7) is 1.33. The summed E-state index contributed by atoms with van der Waals surface area (Å²) in [5, 5.41) is 8.84. The van der Waals surface area contributed by atoms with Crippen molar-refractivity contribution >= 4 is 37.8 Å². The van der Waals surface area contributed by atoms with Crippen LogP contribution in [0, 0.1) is 17.2 Å². The summed E-state index contributed by atoms with van der Waals surface area (Å²) in [5.41, 5.74) is 0.675. The standard InChI is InChI=1S/C13H12Br2N2O/c14-10-1-2-11(12(15)7-10)13(18)17-5-3-9(8-16)4-6-17/h1-2,7,9H,3-6H2. The van der Waals surface area contributed by atoms with Crippen molar-refractivity contribution in [1.82, 2.24) is 4.90 Å². The number of carbonyl (C=O) groups is 1. The van der Waals surface area contributed by atoms with Crippen LogP contribution in [0.5, 0.6) is 0 Å². The Hall–Kier alpha value is -0.860. The second-order valence-corrected chi connectivity index (χ2v) is 6.09. The van der Waals surface area contributed by atoms with E-state index in [1.54, 1.807) is 0 Å². The van der Waals surface area contributed by atoms with Gasteiger partial charge in [-0.3, -0.25) is 4.79 Å². The summed E-state index contributed by atoms with van der Waals surface area (Å²) in [7, 11) is 0. The average molecular weight is 372 g/mol. The van der Waals surface area contributed by atoms with Gasteiger partial charge < -0.3 is 4.90 Å². The molecule has 5 heteroatoms. The highest BCUT2D eigenvalue weighted by Crippen LogP contribution is 2.25. The molecule has 1 aliphatic heterocycles. The molecule has 1 saturated heterocycles. The van der Waals surface area contributed by atoms with Crippen LogP contribution >= 0.6 is 31.9 Å². The predicted octanol–water partition coefficient (Wildman–Crippen LogP) is 3.59. The van der Waals surface area contributed by atoms with E-state index in [0.717, 1.165) is 21.8 Å². The molecule has 0 radical (unpaired) electrons. The maximum Gasteiger partial charge on any atom is 0.254 e. The average Bonchev–Trinajstić information content (AvgIpc) is 2.38. The van der Waals surface area contributed by atoms with E-state index in [1.165, 1.54) is 0 Å². The lowest BCUT2D eigenvalue weighted by Crippen LogP contribution is -2.38. The Balaban J connectivity index is 2.11. The molecule has 1 fully saturated rings. The second-order valence-electron chi connectivity index (χ2n) is 4.32. The van der Waals surface area contributed by atoms with Crippen LogP contribution in [0.4, 0.5) is 0 Å². The Morgan fingerprint density at radius 1 is 1.33 bits per heavy atom. The van der Waals surface area contributed by atoms with Gasteiger partial charge in [0.2, 0.25) is 0 Å². The summed E-state index contributed by atoms with van der Waals surface area (Å²) >= 11 is 6.78. The van der Waals surface area contributed by atoms with Crippen LogP contribution < -0.4 is 0 Å². The molecule has 1 aromatic carbocycles. The number of likely N-dealkylation sites (tertiary alicyclic amines) is 1. The summed E-state index contributed by atoms with van der Waals surface area (Å²) in [5.74, 6) is 0.133. The maximum atomic E-state index is 12.3. The van der Waals surface area contributed by atoms with Crippen molar-refractivity contribution < 1.29 is 4.79 Å². The minimum Gasteiger partial charge on any atom is -0.339 e. The number of hydrogen-bond acceptors (Lipinski definition) is 2. The van der Waals surface area contributed by atoms with Gasteiger partial charge in [0.25, 0.3) is 5.91 Å². The van der Waals surface area contributed by atoms with Crippen molar-refractivity contribution in [2.75, 3.05) is 13.1 Å². The number of nitriles is 1. The molecule has 0 N–H and O–H groups in total. The zero-order valence-electron chi connectivity index (χ0n) is 9.70. The third-order valence-corrected chi connectivity index (χ3v) is 4.28. The first-order valence-corrected chi connectivity index (χ1v) is 7.34. The molecule has 18 heavy (non-hydrogen) atoms. The van der Waals surface area contributed by atoms with Gasteiger partial charge in [-0.1, -0.05) is 15.9 Å². The number of piperidine rings is 1. The summed E-state index contributed by atoms with van der Waals surface area (Å²) < 4.78 is 1.73. The zero-order chi connectivity index (χ0) is 13.1. The normalized spacial score (nSPS) is 16.4. The van der Waals surface area contributed by atoms with E-state index in [-0.39, 0.29) is 11.8 Å². The number of hydrogen-bond donors (Lipinski definition) is 0. The molecule has 3 nitrogen and oxygen atoms in total. The largest absolute Gasteiger partial charge is 0.339 e. The van der Waals surface area contributed by atoms with Gasteiger partial charge in [0.1, 0.15) is 0 Å². The third-order valence-electron chi connectivity index (χ3n) is 3.13. The van der Waals surface area contributed by atoms with E-state index in [4.69, 9.17) is 5.26 Å². The van der Waals surface area contributed by atoms with Gasteiger partial charge in [0, 0.05) is 28.0 Å². The maximum absolute atomic E-state index is 12.3. The fourth-order valence-electron chi connectivity index (χ4n) is 2.04. The fourth-order valence-corrected chi connectivity index (χ4v) is 3.26. The molecule has 1 aromatic rings. The lowest BCUT2D eigenvalue weighted by atomic mass is 9.98. The lowest BCUT2D eigenvalue weighted by molar-refractivity contribution is 0.0706. The van der Waals surface area contributed by atoms with Crippen molar-refractivity contribution in [2.24, 2.45) is 5.92 Å². The highest BCUT2D eigenvalue weighted by atomic mass is 79.9. The molecule has 0 saturated carbocycles. The van der Waals surface area contributed by atoms with Gasteiger partial charge in [-0.2, -0.15) is 5.26 Å². The SMILES string of the molecule is N#CC1CCN(C(=O)c2ccc(Br)cc2Br)CC1. The number of benzene rings is 1. The molecule has 0 unspecified atom stereocenters. The highest BCUT2D eigenvalue weighted by molar-refractivity contribution is 9.11. The van der Waals surface area contributed by atoms with Crippen molar-refractivity contribution in [1.29, 1.82) is 5.26 Å². The first kappa shape index (κ1) is 13.6. The highest BCUT2D eigenvalue weighted by Gasteiger charge is 2.24. The molecule has 2 rings (SSSR count).